The summed E-state index contributed by atoms with van der Waals surface area (Å²) in [6.45, 7) is 0. The van der Waals surface area contributed by atoms with E-state index in [9.17, 15) is 0 Å². The fourth-order valence-electron chi connectivity index (χ4n) is 9.04. The molecule has 4 aliphatic rings. The van der Waals surface area contributed by atoms with Gasteiger partial charge in [0.1, 0.15) is 0 Å². The van der Waals surface area contributed by atoms with Crippen molar-refractivity contribution in [2.75, 3.05) is 9.80 Å². The van der Waals surface area contributed by atoms with Gasteiger partial charge in [0.2, 0.25) is 0 Å². The van der Waals surface area contributed by atoms with E-state index in [1.165, 1.54) is 102 Å². The molecular weight excluding hydrogens is 683 g/mol. The first-order valence-corrected chi connectivity index (χ1v) is 20.1. The van der Waals surface area contributed by atoms with E-state index in [1.807, 2.05) is 29.7 Å². The molecular formula is C48H35N3S2. The molecule has 0 saturated heterocycles. The molecule has 0 unspecified atom stereocenters. The SMILES string of the molecule is C(=C\c1ccc(N2c3ccccc3Sc3ccccc32)cn1)/c1ccc2c(c1)C1(CCCC1)c1cc(N3c4ccccc4Sc4ccccc43)ccc1-2. The number of hydrogen-bond acceptors (Lipinski definition) is 5. The van der Waals surface area contributed by atoms with E-state index in [-0.39, 0.29) is 5.41 Å². The van der Waals surface area contributed by atoms with E-state index in [2.05, 4.69) is 168 Å². The summed E-state index contributed by atoms with van der Waals surface area (Å²) < 4.78 is 0. The van der Waals surface area contributed by atoms with Crippen LogP contribution in [0.15, 0.2) is 171 Å². The van der Waals surface area contributed by atoms with E-state index in [0.29, 0.717) is 0 Å². The summed E-state index contributed by atoms with van der Waals surface area (Å²) >= 11 is 3.69. The topological polar surface area (TPSA) is 19.4 Å². The average molecular weight is 718 g/mol. The fourth-order valence-corrected chi connectivity index (χ4v) is 11.2. The Balaban J connectivity index is 0.921. The van der Waals surface area contributed by atoms with Crippen LogP contribution in [0.5, 0.6) is 0 Å². The van der Waals surface area contributed by atoms with E-state index in [1.54, 1.807) is 0 Å². The number of benzene rings is 6. The predicted molar refractivity (Wildman–Crippen MR) is 222 cm³/mol. The molecule has 3 heterocycles. The summed E-state index contributed by atoms with van der Waals surface area (Å²) in [5, 5.41) is 0. The van der Waals surface area contributed by atoms with Crippen LogP contribution < -0.4 is 9.80 Å². The van der Waals surface area contributed by atoms with Gasteiger partial charge in [0, 0.05) is 30.7 Å². The van der Waals surface area contributed by atoms with Gasteiger partial charge in [0.05, 0.1) is 40.3 Å². The maximum absolute atomic E-state index is 4.94. The summed E-state index contributed by atoms with van der Waals surface area (Å²) in [5.41, 5.74) is 15.2. The Morgan fingerprint density at radius 1 is 0.491 bits per heavy atom. The normalized spacial score (nSPS) is 15.8. The van der Waals surface area contributed by atoms with Gasteiger partial charge < -0.3 is 9.80 Å². The van der Waals surface area contributed by atoms with Crippen molar-refractivity contribution in [3.05, 3.63) is 174 Å². The van der Waals surface area contributed by atoms with Gasteiger partial charge in [0.25, 0.3) is 0 Å². The zero-order valence-corrected chi connectivity index (χ0v) is 30.7. The molecule has 0 atom stereocenters. The molecule has 2 aliphatic heterocycles. The second-order valence-electron chi connectivity index (χ2n) is 14.3. The number of fused-ring (bicyclic) bond motifs is 9. The summed E-state index contributed by atoms with van der Waals surface area (Å²) in [5.74, 6) is 0. The van der Waals surface area contributed by atoms with Crippen LogP contribution in [0.2, 0.25) is 0 Å². The monoisotopic (exact) mass is 717 g/mol. The van der Waals surface area contributed by atoms with Crippen molar-refractivity contribution in [3.63, 3.8) is 0 Å². The Bertz CT molecular complexity index is 2510. The Hall–Kier alpha value is -5.49. The van der Waals surface area contributed by atoms with Crippen molar-refractivity contribution in [2.24, 2.45) is 0 Å². The van der Waals surface area contributed by atoms with E-state index >= 15 is 0 Å². The van der Waals surface area contributed by atoms with Gasteiger partial charge in [0.15, 0.2) is 0 Å². The zero-order chi connectivity index (χ0) is 34.9. The zero-order valence-electron chi connectivity index (χ0n) is 29.1. The Labute approximate surface area is 319 Å². The maximum Gasteiger partial charge on any atom is 0.0646 e. The average Bonchev–Trinajstić information content (AvgIpc) is 3.82. The molecule has 2 aliphatic carbocycles. The van der Waals surface area contributed by atoms with E-state index in [0.717, 1.165) is 11.4 Å². The van der Waals surface area contributed by atoms with Gasteiger partial charge in [-0.25, -0.2) is 0 Å². The smallest absolute Gasteiger partial charge is 0.0646 e. The molecule has 3 nitrogen and oxygen atoms in total. The molecule has 5 heteroatoms. The number of anilines is 6. The van der Waals surface area contributed by atoms with Crippen molar-refractivity contribution in [2.45, 2.75) is 50.7 Å². The van der Waals surface area contributed by atoms with Gasteiger partial charge >= 0.3 is 0 Å². The third kappa shape index (κ3) is 4.94. The highest BCUT2D eigenvalue weighted by Gasteiger charge is 2.45. The quantitative estimate of drug-likeness (QED) is 0.180. The van der Waals surface area contributed by atoms with Crippen LogP contribution in [-0.2, 0) is 5.41 Å². The van der Waals surface area contributed by atoms with Gasteiger partial charge in [-0.05, 0) is 120 Å². The van der Waals surface area contributed by atoms with Crippen molar-refractivity contribution in [1.82, 2.24) is 4.98 Å². The highest BCUT2D eigenvalue weighted by molar-refractivity contribution is 8.00. The minimum atomic E-state index is 0.0489. The lowest BCUT2D eigenvalue weighted by molar-refractivity contribution is 0.550. The number of hydrogen-bond donors (Lipinski definition) is 0. The molecule has 0 amide bonds. The van der Waals surface area contributed by atoms with Crippen LogP contribution in [0.4, 0.5) is 34.1 Å². The number of rotatable bonds is 4. The molecule has 0 radical (unpaired) electrons. The first-order valence-electron chi connectivity index (χ1n) is 18.5. The lowest BCUT2D eigenvalue weighted by Gasteiger charge is -2.34. The van der Waals surface area contributed by atoms with Crippen LogP contribution in [0.25, 0.3) is 23.3 Å². The molecule has 53 heavy (non-hydrogen) atoms. The third-order valence-electron chi connectivity index (χ3n) is 11.4. The van der Waals surface area contributed by atoms with Crippen molar-refractivity contribution in [1.29, 1.82) is 0 Å². The minimum absolute atomic E-state index is 0.0489. The second kappa shape index (κ2) is 12.3. The summed E-state index contributed by atoms with van der Waals surface area (Å²) in [6.07, 6.45) is 11.3. The molecule has 7 aromatic rings. The maximum atomic E-state index is 4.94. The first kappa shape index (κ1) is 31.1. The highest BCUT2D eigenvalue weighted by Crippen LogP contribution is 2.59. The molecule has 0 N–H and O–H groups in total. The summed E-state index contributed by atoms with van der Waals surface area (Å²) in [6, 6.07) is 53.5. The molecule has 254 valence electrons. The minimum Gasteiger partial charge on any atom is -0.308 e. The number of aromatic nitrogens is 1. The number of nitrogens with zero attached hydrogens (tertiary/aromatic N) is 3. The third-order valence-corrected chi connectivity index (χ3v) is 13.7. The molecule has 1 saturated carbocycles. The van der Waals surface area contributed by atoms with Gasteiger partial charge in [-0.15, -0.1) is 0 Å². The van der Waals surface area contributed by atoms with Crippen molar-refractivity contribution in [3.8, 4) is 11.1 Å². The lowest BCUT2D eigenvalue weighted by Crippen LogP contribution is -2.21. The summed E-state index contributed by atoms with van der Waals surface area (Å²) in [4.78, 5) is 14.8. The fraction of sp³-hybridized carbons (Fsp3) is 0.104. The number of pyridine rings is 1. The molecule has 1 fully saturated rings. The first-order chi connectivity index (χ1) is 26.2. The lowest BCUT2D eigenvalue weighted by atomic mass is 9.76. The van der Waals surface area contributed by atoms with Crippen LogP contribution in [-0.4, -0.2) is 4.98 Å². The van der Waals surface area contributed by atoms with Gasteiger partial charge in [-0.2, -0.15) is 0 Å². The Kier molecular flexibility index (Phi) is 7.21. The van der Waals surface area contributed by atoms with Crippen LogP contribution >= 0.6 is 23.5 Å². The Morgan fingerprint density at radius 3 is 1.53 bits per heavy atom. The van der Waals surface area contributed by atoms with Crippen molar-refractivity contribution < 1.29 is 0 Å². The number of para-hydroxylation sites is 4. The second-order valence-corrected chi connectivity index (χ2v) is 16.5. The summed E-state index contributed by atoms with van der Waals surface area (Å²) in [7, 11) is 0. The largest absolute Gasteiger partial charge is 0.308 e. The van der Waals surface area contributed by atoms with Crippen molar-refractivity contribution >= 4 is 69.8 Å². The van der Waals surface area contributed by atoms with E-state index in [4.69, 9.17) is 4.98 Å². The standard InChI is InChI=1S/C48H35N3S2/c1-5-15-44-40(11-1)50(41-12-2-6-16-45(41)52-44)34-24-26-37-36-25-20-32(29-38(36)48(39(37)30-34)27-9-10-28-48)19-21-33-22-23-35(31-49-33)51-42-13-3-7-17-46(42)53-47-18-8-4-14-43(47)51/h1-8,11-26,29-31H,9-10,27-28H2/b21-19+. The van der Waals surface area contributed by atoms with Gasteiger partial charge in [-0.3, -0.25) is 4.98 Å². The van der Waals surface area contributed by atoms with Gasteiger partial charge in [-0.1, -0.05) is 115 Å². The van der Waals surface area contributed by atoms with Crippen LogP contribution in [0.1, 0.15) is 48.1 Å². The molecule has 1 spiro atoms. The van der Waals surface area contributed by atoms with E-state index < -0.39 is 0 Å². The Morgan fingerprint density at radius 2 is 0.981 bits per heavy atom. The predicted octanol–water partition coefficient (Wildman–Crippen LogP) is 14.0. The van der Waals surface area contributed by atoms with Crippen LogP contribution in [0.3, 0.4) is 0 Å². The molecule has 1 aromatic heterocycles. The molecule has 0 bridgehead atoms. The van der Waals surface area contributed by atoms with Crippen LogP contribution in [0, 0.1) is 0 Å². The highest BCUT2D eigenvalue weighted by atomic mass is 32.2. The molecule has 6 aromatic carbocycles. The molecule has 11 rings (SSSR count).